The molecular formula is C8H17N3O. The molecule has 0 bridgehead atoms. The monoisotopic (exact) mass is 171 g/mol. The summed E-state index contributed by atoms with van der Waals surface area (Å²) in [7, 11) is 3.75. The number of amides is 1. The first-order valence-corrected chi connectivity index (χ1v) is 4.36. The van der Waals surface area contributed by atoms with Crippen molar-refractivity contribution < 1.29 is 4.79 Å². The zero-order valence-electron chi connectivity index (χ0n) is 7.76. The predicted molar refractivity (Wildman–Crippen MR) is 47.9 cm³/mol. The molecule has 2 N–H and O–H groups in total. The normalized spacial score (nSPS) is 17.2. The second-order valence-electron chi connectivity index (χ2n) is 3.22. The number of carbonyl (C=O) groups excluding carboxylic acids is 1. The molecular weight excluding hydrogens is 154 g/mol. The lowest BCUT2D eigenvalue weighted by molar-refractivity contribution is -0.135. The van der Waals surface area contributed by atoms with Gasteiger partial charge in [-0.1, -0.05) is 0 Å². The molecule has 0 saturated carbocycles. The van der Waals surface area contributed by atoms with Gasteiger partial charge in [-0.15, -0.1) is 0 Å². The van der Waals surface area contributed by atoms with Crippen molar-refractivity contribution in [2.24, 2.45) is 5.92 Å². The standard InChI is InChI=1S/C8H17N3O/c1-9-3-4-11(2)8(12)7-5-10-6-7/h7,9-10H,3-6H2,1-2H3. The smallest absolute Gasteiger partial charge is 0.228 e. The van der Waals surface area contributed by atoms with Gasteiger partial charge in [0.15, 0.2) is 0 Å². The molecule has 70 valence electrons. The number of hydrogen-bond acceptors (Lipinski definition) is 3. The zero-order valence-corrected chi connectivity index (χ0v) is 7.76. The molecule has 4 nitrogen and oxygen atoms in total. The second-order valence-corrected chi connectivity index (χ2v) is 3.22. The lowest BCUT2D eigenvalue weighted by atomic mass is 10.0. The molecule has 1 heterocycles. The van der Waals surface area contributed by atoms with E-state index in [-0.39, 0.29) is 11.8 Å². The van der Waals surface area contributed by atoms with Crippen molar-refractivity contribution in [3.8, 4) is 0 Å². The molecule has 1 fully saturated rings. The van der Waals surface area contributed by atoms with E-state index in [1.165, 1.54) is 0 Å². The van der Waals surface area contributed by atoms with Crippen molar-refractivity contribution in [2.75, 3.05) is 40.3 Å². The number of nitrogens with zero attached hydrogens (tertiary/aromatic N) is 1. The molecule has 1 saturated heterocycles. The number of likely N-dealkylation sites (N-methyl/N-ethyl adjacent to an activating group) is 2. The minimum Gasteiger partial charge on any atom is -0.344 e. The summed E-state index contributed by atoms with van der Waals surface area (Å²) in [5, 5.41) is 6.11. The molecule has 0 aromatic heterocycles. The Labute approximate surface area is 73.3 Å². The van der Waals surface area contributed by atoms with E-state index in [0.29, 0.717) is 0 Å². The van der Waals surface area contributed by atoms with E-state index < -0.39 is 0 Å². The van der Waals surface area contributed by atoms with E-state index in [1.54, 1.807) is 4.90 Å². The number of rotatable bonds is 4. The molecule has 0 radical (unpaired) electrons. The van der Waals surface area contributed by atoms with Crippen molar-refractivity contribution in [2.45, 2.75) is 0 Å². The van der Waals surface area contributed by atoms with E-state index in [9.17, 15) is 4.79 Å². The molecule has 0 aliphatic carbocycles. The molecule has 0 spiro atoms. The fourth-order valence-electron chi connectivity index (χ4n) is 1.16. The van der Waals surface area contributed by atoms with Crippen LogP contribution in [0.5, 0.6) is 0 Å². The van der Waals surface area contributed by atoms with E-state index >= 15 is 0 Å². The van der Waals surface area contributed by atoms with Crippen LogP contribution < -0.4 is 10.6 Å². The van der Waals surface area contributed by atoms with Crippen LogP contribution in [0.1, 0.15) is 0 Å². The maximum Gasteiger partial charge on any atom is 0.228 e. The number of nitrogens with one attached hydrogen (secondary N) is 2. The molecule has 0 unspecified atom stereocenters. The highest BCUT2D eigenvalue weighted by Crippen LogP contribution is 2.05. The third kappa shape index (κ3) is 2.19. The van der Waals surface area contributed by atoms with E-state index in [2.05, 4.69) is 10.6 Å². The van der Waals surface area contributed by atoms with Crippen LogP contribution in [0.4, 0.5) is 0 Å². The van der Waals surface area contributed by atoms with E-state index in [0.717, 1.165) is 26.2 Å². The van der Waals surface area contributed by atoms with Gasteiger partial charge in [0, 0.05) is 33.2 Å². The summed E-state index contributed by atoms with van der Waals surface area (Å²) in [6, 6.07) is 0. The lowest BCUT2D eigenvalue weighted by Gasteiger charge is -2.30. The first-order valence-electron chi connectivity index (χ1n) is 4.36. The Balaban J connectivity index is 2.20. The number of carbonyl (C=O) groups is 1. The number of hydrogen-bond donors (Lipinski definition) is 2. The van der Waals surface area contributed by atoms with E-state index in [4.69, 9.17) is 0 Å². The van der Waals surface area contributed by atoms with Crippen LogP contribution in [-0.2, 0) is 4.79 Å². The van der Waals surface area contributed by atoms with Crippen molar-refractivity contribution in [1.29, 1.82) is 0 Å². The van der Waals surface area contributed by atoms with Gasteiger partial charge >= 0.3 is 0 Å². The van der Waals surface area contributed by atoms with Gasteiger partial charge in [0.25, 0.3) is 0 Å². The summed E-state index contributed by atoms with van der Waals surface area (Å²) < 4.78 is 0. The van der Waals surface area contributed by atoms with Crippen molar-refractivity contribution in [3.05, 3.63) is 0 Å². The highest BCUT2D eigenvalue weighted by Gasteiger charge is 2.26. The maximum absolute atomic E-state index is 11.5. The first-order chi connectivity index (χ1) is 5.75. The maximum atomic E-state index is 11.5. The highest BCUT2D eigenvalue weighted by molar-refractivity contribution is 5.79. The molecule has 1 aliphatic heterocycles. The molecule has 4 heteroatoms. The van der Waals surface area contributed by atoms with Gasteiger partial charge in [0.05, 0.1) is 5.92 Å². The average Bonchev–Trinajstić information content (AvgIpc) is 1.96. The molecule has 1 rings (SSSR count). The van der Waals surface area contributed by atoms with Crippen LogP contribution in [0.3, 0.4) is 0 Å². The van der Waals surface area contributed by atoms with Crippen molar-refractivity contribution >= 4 is 5.91 Å². The van der Waals surface area contributed by atoms with Gasteiger partial charge in [-0.2, -0.15) is 0 Å². The quantitative estimate of drug-likeness (QED) is 0.563. The lowest BCUT2D eigenvalue weighted by Crippen LogP contribution is -2.51. The Kier molecular flexibility index (Phi) is 3.49. The Bertz CT molecular complexity index is 156. The summed E-state index contributed by atoms with van der Waals surface area (Å²) >= 11 is 0. The summed E-state index contributed by atoms with van der Waals surface area (Å²) in [6.45, 7) is 3.36. The third-order valence-corrected chi connectivity index (χ3v) is 2.20. The minimum atomic E-state index is 0.229. The largest absolute Gasteiger partial charge is 0.344 e. The molecule has 0 aromatic carbocycles. The predicted octanol–water partition coefficient (Wildman–Crippen LogP) is -1.12. The van der Waals surface area contributed by atoms with Crippen LogP contribution in [0.2, 0.25) is 0 Å². The third-order valence-electron chi connectivity index (χ3n) is 2.20. The molecule has 0 atom stereocenters. The molecule has 0 aromatic rings. The van der Waals surface area contributed by atoms with Gasteiger partial charge in [0.1, 0.15) is 0 Å². The van der Waals surface area contributed by atoms with Gasteiger partial charge in [0.2, 0.25) is 5.91 Å². The Hall–Kier alpha value is -0.610. The Morgan fingerprint density at radius 1 is 1.67 bits per heavy atom. The molecule has 1 amide bonds. The Morgan fingerprint density at radius 2 is 2.33 bits per heavy atom. The van der Waals surface area contributed by atoms with Crippen LogP contribution in [-0.4, -0.2) is 51.1 Å². The van der Waals surface area contributed by atoms with Crippen LogP contribution in [0.25, 0.3) is 0 Å². The molecule has 1 aliphatic rings. The first kappa shape index (κ1) is 9.48. The molecule has 12 heavy (non-hydrogen) atoms. The summed E-state index contributed by atoms with van der Waals surface area (Å²) in [5.74, 6) is 0.496. The average molecular weight is 171 g/mol. The summed E-state index contributed by atoms with van der Waals surface area (Å²) in [4.78, 5) is 13.3. The summed E-state index contributed by atoms with van der Waals surface area (Å²) in [6.07, 6.45) is 0. The minimum absolute atomic E-state index is 0.229. The second kappa shape index (κ2) is 4.42. The van der Waals surface area contributed by atoms with Crippen LogP contribution in [0.15, 0.2) is 0 Å². The SMILES string of the molecule is CNCCN(C)C(=O)C1CNC1. The highest BCUT2D eigenvalue weighted by atomic mass is 16.2. The van der Waals surface area contributed by atoms with Crippen LogP contribution >= 0.6 is 0 Å². The topological polar surface area (TPSA) is 44.4 Å². The van der Waals surface area contributed by atoms with Crippen molar-refractivity contribution in [1.82, 2.24) is 15.5 Å². The van der Waals surface area contributed by atoms with Crippen LogP contribution in [0, 0.1) is 5.92 Å². The Morgan fingerprint density at radius 3 is 2.75 bits per heavy atom. The van der Waals surface area contributed by atoms with Gasteiger partial charge in [-0.25, -0.2) is 0 Å². The van der Waals surface area contributed by atoms with Crippen molar-refractivity contribution in [3.63, 3.8) is 0 Å². The zero-order chi connectivity index (χ0) is 8.97. The fraction of sp³-hybridized carbons (Fsp3) is 0.875. The van der Waals surface area contributed by atoms with Gasteiger partial charge in [-0.05, 0) is 7.05 Å². The summed E-state index contributed by atoms with van der Waals surface area (Å²) in [5.41, 5.74) is 0. The van der Waals surface area contributed by atoms with Gasteiger partial charge in [-0.3, -0.25) is 4.79 Å². The fourth-order valence-corrected chi connectivity index (χ4v) is 1.16. The van der Waals surface area contributed by atoms with Gasteiger partial charge < -0.3 is 15.5 Å². The van der Waals surface area contributed by atoms with E-state index in [1.807, 2.05) is 14.1 Å².